The van der Waals surface area contributed by atoms with Gasteiger partial charge in [-0.15, -0.1) is 11.3 Å². The minimum atomic E-state index is -0.416. The Bertz CT molecular complexity index is 817. The first kappa shape index (κ1) is 16.1. The fourth-order valence-corrected chi connectivity index (χ4v) is 3.31. The highest BCUT2D eigenvalue weighted by atomic mass is 32.1. The van der Waals surface area contributed by atoms with Crippen molar-refractivity contribution in [2.45, 2.75) is 19.4 Å². The molecule has 1 N–H and O–H groups in total. The largest absolute Gasteiger partial charge is 0.353 e. The number of pyridine rings is 1. The summed E-state index contributed by atoms with van der Waals surface area (Å²) in [6, 6.07) is 15.1. The van der Waals surface area contributed by atoms with E-state index in [1.807, 2.05) is 17.5 Å². The van der Waals surface area contributed by atoms with Crippen molar-refractivity contribution in [3.63, 3.8) is 0 Å². The van der Waals surface area contributed by atoms with Crippen LogP contribution in [0.15, 0.2) is 60.1 Å². The molecule has 0 saturated carbocycles. The third kappa shape index (κ3) is 3.44. The standard InChI is InChI=1S/C18H17N3O2S/c1-2-13-7-9-14(10-8-13)17(16-6-4-12-24-16)20-18-15(21(22)23)5-3-11-19-18/h3-12,17H,2H2,1H3,(H,19,20)/t17-/m1/s1. The van der Waals surface area contributed by atoms with E-state index in [9.17, 15) is 10.1 Å². The number of thiophene rings is 1. The van der Waals surface area contributed by atoms with Gasteiger partial charge in [-0.05, 0) is 35.1 Å². The highest BCUT2D eigenvalue weighted by Crippen LogP contribution is 2.32. The Hall–Kier alpha value is -2.73. The van der Waals surface area contributed by atoms with Gasteiger partial charge in [-0.3, -0.25) is 10.1 Å². The summed E-state index contributed by atoms with van der Waals surface area (Å²) >= 11 is 1.61. The Morgan fingerprint density at radius 3 is 2.62 bits per heavy atom. The minimum Gasteiger partial charge on any atom is -0.353 e. The average molecular weight is 339 g/mol. The molecule has 1 aromatic carbocycles. The molecule has 2 aromatic heterocycles. The third-order valence-electron chi connectivity index (χ3n) is 3.81. The lowest BCUT2D eigenvalue weighted by Crippen LogP contribution is -2.13. The monoisotopic (exact) mass is 339 g/mol. The number of rotatable bonds is 6. The summed E-state index contributed by atoms with van der Waals surface area (Å²) < 4.78 is 0. The van der Waals surface area contributed by atoms with Crippen LogP contribution in [-0.2, 0) is 6.42 Å². The van der Waals surface area contributed by atoms with E-state index in [4.69, 9.17) is 0 Å². The number of hydrogen-bond donors (Lipinski definition) is 1. The van der Waals surface area contributed by atoms with E-state index in [-0.39, 0.29) is 17.5 Å². The SMILES string of the molecule is CCc1ccc([C@@H](Nc2ncccc2[N+](=O)[O-])c2cccs2)cc1. The van der Waals surface area contributed by atoms with E-state index in [1.165, 1.54) is 11.6 Å². The maximum Gasteiger partial charge on any atom is 0.311 e. The summed E-state index contributed by atoms with van der Waals surface area (Å²) in [4.78, 5) is 16.1. The zero-order valence-corrected chi connectivity index (χ0v) is 14.0. The van der Waals surface area contributed by atoms with Crippen molar-refractivity contribution in [1.82, 2.24) is 4.98 Å². The molecule has 1 atom stereocenters. The van der Waals surface area contributed by atoms with E-state index in [0.29, 0.717) is 0 Å². The van der Waals surface area contributed by atoms with Crippen LogP contribution >= 0.6 is 11.3 Å². The van der Waals surface area contributed by atoms with Crippen LogP contribution in [0, 0.1) is 10.1 Å². The summed E-state index contributed by atoms with van der Waals surface area (Å²) in [6.45, 7) is 2.11. The number of anilines is 1. The predicted octanol–water partition coefficient (Wildman–Crippen LogP) is 4.82. The number of benzene rings is 1. The molecule has 0 fully saturated rings. The fourth-order valence-electron chi connectivity index (χ4n) is 2.51. The topological polar surface area (TPSA) is 68.1 Å². The molecule has 0 spiro atoms. The molecule has 0 aliphatic carbocycles. The number of aromatic nitrogens is 1. The second kappa shape index (κ2) is 7.23. The first-order valence-corrected chi connectivity index (χ1v) is 8.55. The molecule has 0 unspecified atom stereocenters. The van der Waals surface area contributed by atoms with Gasteiger partial charge in [-0.1, -0.05) is 37.3 Å². The third-order valence-corrected chi connectivity index (χ3v) is 4.75. The van der Waals surface area contributed by atoms with Gasteiger partial charge in [0.2, 0.25) is 5.82 Å². The Labute approximate surface area is 144 Å². The molecule has 0 aliphatic heterocycles. The summed E-state index contributed by atoms with van der Waals surface area (Å²) in [5.41, 5.74) is 2.28. The van der Waals surface area contributed by atoms with Gasteiger partial charge in [-0.25, -0.2) is 4.98 Å². The lowest BCUT2D eigenvalue weighted by Gasteiger charge is -2.19. The molecule has 3 aromatic rings. The summed E-state index contributed by atoms with van der Waals surface area (Å²) in [5, 5.41) is 16.5. The van der Waals surface area contributed by atoms with Gasteiger partial charge in [0.25, 0.3) is 0 Å². The van der Waals surface area contributed by atoms with Crippen LogP contribution in [0.25, 0.3) is 0 Å². The smallest absolute Gasteiger partial charge is 0.311 e. The molecule has 6 heteroatoms. The van der Waals surface area contributed by atoms with Crippen LogP contribution in [-0.4, -0.2) is 9.91 Å². The van der Waals surface area contributed by atoms with Crippen molar-refractivity contribution < 1.29 is 4.92 Å². The Morgan fingerprint density at radius 1 is 1.21 bits per heavy atom. The van der Waals surface area contributed by atoms with Gasteiger partial charge in [0.05, 0.1) is 11.0 Å². The molecule has 2 heterocycles. The van der Waals surface area contributed by atoms with Crippen molar-refractivity contribution in [3.8, 4) is 0 Å². The van der Waals surface area contributed by atoms with Crippen LogP contribution < -0.4 is 5.32 Å². The van der Waals surface area contributed by atoms with Gasteiger partial charge in [0.15, 0.2) is 0 Å². The van der Waals surface area contributed by atoms with Gasteiger partial charge in [0.1, 0.15) is 0 Å². The van der Waals surface area contributed by atoms with Crippen molar-refractivity contribution in [2.75, 3.05) is 5.32 Å². The predicted molar refractivity (Wildman–Crippen MR) is 96.5 cm³/mol. The van der Waals surface area contributed by atoms with E-state index in [1.54, 1.807) is 23.6 Å². The summed E-state index contributed by atoms with van der Waals surface area (Å²) in [6.07, 6.45) is 2.53. The molecule has 122 valence electrons. The van der Waals surface area contributed by atoms with Gasteiger partial charge in [0, 0.05) is 17.1 Å². The second-order valence-corrected chi connectivity index (χ2v) is 6.30. The number of nitro groups is 1. The maximum atomic E-state index is 11.2. The molecule has 0 aliphatic rings. The lowest BCUT2D eigenvalue weighted by atomic mass is 10.0. The normalized spacial score (nSPS) is 11.9. The van der Waals surface area contributed by atoms with E-state index in [0.717, 1.165) is 16.9 Å². The fraction of sp³-hybridized carbons (Fsp3) is 0.167. The van der Waals surface area contributed by atoms with Crippen LogP contribution in [0.3, 0.4) is 0 Å². The van der Waals surface area contributed by atoms with Crippen molar-refractivity contribution >= 4 is 22.8 Å². The van der Waals surface area contributed by atoms with Crippen molar-refractivity contribution in [1.29, 1.82) is 0 Å². The Morgan fingerprint density at radius 2 is 2.00 bits per heavy atom. The van der Waals surface area contributed by atoms with E-state index < -0.39 is 4.92 Å². The molecule has 0 amide bonds. The second-order valence-electron chi connectivity index (χ2n) is 5.32. The number of hydrogen-bond acceptors (Lipinski definition) is 5. The summed E-state index contributed by atoms with van der Waals surface area (Å²) in [5.74, 6) is 0.278. The van der Waals surface area contributed by atoms with Crippen molar-refractivity contribution in [2.24, 2.45) is 0 Å². The highest BCUT2D eigenvalue weighted by molar-refractivity contribution is 7.10. The van der Waals surface area contributed by atoms with Crippen LogP contribution in [0.5, 0.6) is 0 Å². The first-order chi connectivity index (χ1) is 11.7. The molecule has 5 nitrogen and oxygen atoms in total. The molecular formula is C18H17N3O2S. The van der Waals surface area contributed by atoms with Gasteiger partial charge < -0.3 is 5.32 Å². The molecule has 24 heavy (non-hydrogen) atoms. The van der Waals surface area contributed by atoms with Gasteiger partial charge in [-0.2, -0.15) is 0 Å². The number of aryl methyl sites for hydroxylation is 1. The average Bonchev–Trinajstić information content (AvgIpc) is 3.14. The quantitative estimate of drug-likeness (QED) is 0.516. The van der Waals surface area contributed by atoms with E-state index >= 15 is 0 Å². The van der Waals surface area contributed by atoms with Gasteiger partial charge >= 0.3 is 5.69 Å². The zero-order chi connectivity index (χ0) is 16.9. The Balaban J connectivity index is 1.99. The summed E-state index contributed by atoms with van der Waals surface area (Å²) in [7, 11) is 0. The molecule has 0 bridgehead atoms. The lowest BCUT2D eigenvalue weighted by molar-refractivity contribution is -0.384. The van der Waals surface area contributed by atoms with Crippen LogP contribution in [0.1, 0.15) is 29.0 Å². The molecule has 0 radical (unpaired) electrons. The number of nitrogens with zero attached hydrogens (tertiary/aromatic N) is 2. The number of nitrogens with one attached hydrogen (secondary N) is 1. The highest BCUT2D eigenvalue weighted by Gasteiger charge is 2.21. The van der Waals surface area contributed by atoms with Crippen LogP contribution in [0.2, 0.25) is 0 Å². The van der Waals surface area contributed by atoms with E-state index in [2.05, 4.69) is 41.5 Å². The molecule has 3 rings (SSSR count). The minimum absolute atomic E-state index is 0.0239. The molecular weight excluding hydrogens is 322 g/mol. The maximum absolute atomic E-state index is 11.2. The molecule has 0 saturated heterocycles. The Kier molecular flexibility index (Phi) is 4.86. The first-order valence-electron chi connectivity index (χ1n) is 7.67. The van der Waals surface area contributed by atoms with Crippen LogP contribution in [0.4, 0.5) is 11.5 Å². The zero-order valence-electron chi connectivity index (χ0n) is 13.2. The van der Waals surface area contributed by atoms with Crippen molar-refractivity contribution in [3.05, 3.63) is 86.2 Å².